The molecule has 138 valence electrons. The molecule has 26 heavy (non-hydrogen) atoms. The van der Waals surface area contributed by atoms with Crippen molar-refractivity contribution in [2.45, 2.75) is 39.0 Å². The van der Waals surface area contributed by atoms with Crippen LogP contribution in [-0.2, 0) is 35.2 Å². The second kappa shape index (κ2) is 7.27. The second-order valence-corrected chi connectivity index (χ2v) is 6.19. The van der Waals surface area contributed by atoms with Crippen LogP contribution >= 0.6 is 0 Å². The Bertz CT molecular complexity index is 756. The second-order valence-electron chi connectivity index (χ2n) is 6.19. The van der Waals surface area contributed by atoms with Gasteiger partial charge in [0.1, 0.15) is 18.3 Å². The number of nitrogens with zero attached hydrogens (tertiary/aromatic N) is 1. The minimum atomic E-state index is -1.04. The molecule has 1 amide bonds. The summed E-state index contributed by atoms with van der Waals surface area (Å²) in [6.07, 6.45) is -1.79. The smallest absolute Gasteiger partial charge is 0.355 e. The average molecular weight is 360 g/mol. The number of ether oxygens (including phenoxy) is 3. The van der Waals surface area contributed by atoms with Gasteiger partial charge in [-0.15, -0.1) is 0 Å². The van der Waals surface area contributed by atoms with Gasteiger partial charge in [0.15, 0.2) is 6.23 Å². The van der Waals surface area contributed by atoms with Gasteiger partial charge in [0, 0.05) is 0 Å². The van der Waals surface area contributed by atoms with E-state index in [0.29, 0.717) is 5.57 Å². The van der Waals surface area contributed by atoms with E-state index in [4.69, 9.17) is 9.47 Å². The van der Waals surface area contributed by atoms with Crippen molar-refractivity contribution in [2.24, 2.45) is 0 Å². The predicted octanol–water partition coefficient (Wildman–Crippen LogP) is 0.679. The number of hydrogen-bond acceptors (Lipinski definition) is 7. The van der Waals surface area contributed by atoms with Crippen molar-refractivity contribution in [3.63, 3.8) is 0 Å². The van der Waals surface area contributed by atoms with E-state index in [1.54, 1.807) is 13.8 Å². The third-order valence-corrected chi connectivity index (χ3v) is 4.19. The molecular weight excluding hydrogens is 340 g/mol. The molecular formula is C18H20N2O6. The van der Waals surface area contributed by atoms with Gasteiger partial charge in [0.05, 0.1) is 7.11 Å². The fourth-order valence-corrected chi connectivity index (χ4v) is 2.90. The number of allylic oxidation sites excluding steroid dienone is 1. The number of carbonyl (C=O) groups is 3. The van der Waals surface area contributed by atoms with Crippen molar-refractivity contribution in [2.75, 3.05) is 7.11 Å². The maximum atomic E-state index is 12.6. The fourth-order valence-electron chi connectivity index (χ4n) is 2.90. The molecule has 0 aromatic heterocycles. The van der Waals surface area contributed by atoms with Crippen molar-refractivity contribution < 1.29 is 28.6 Å². The van der Waals surface area contributed by atoms with Gasteiger partial charge in [0.2, 0.25) is 6.23 Å². The van der Waals surface area contributed by atoms with Gasteiger partial charge in [-0.1, -0.05) is 30.3 Å². The van der Waals surface area contributed by atoms with Gasteiger partial charge in [-0.25, -0.2) is 9.59 Å². The van der Waals surface area contributed by atoms with E-state index in [-0.39, 0.29) is 18.2 Å². The van der Waals surface area contributed by atoms with Crippen LogP contribution in [0.3, 0.4) is 0 Å². The van der Waals surface area contributed by atoms with Crippen LogP contribution in [0.2, 0.25) is 0 Å². The Kier molecular flexibility index (Phi) is 5.06. The lowest BCUT2D eigenvalue weighted by Gasteiger charge is -2.41. The normalized spacial score (nSPS) is 23.7. The topological polar surface area (TPSA) is 94.2 Å². The van der Waals surface area contributed by atoms with Crippen molar-refractivity contribution in [3.8, 4) is 0 Å². The number of carbonyl (C=O) groups excluding carboxylic acids is 3. The molecule has 1 N–H and O–H groups in total. The van der Waals surface area contributed by atoms with E-state index in [1.807, 2.05) is 30.3 Å². The number of methoxy groups -OCH3 is 1. The maximum Gasteiger partial charge on any atom is 0.355 e. The Hall–Kier alpha value is -2.71. The SMILES string of the molecule is COC(=O)C1NC2C(=O)N(C(C(=O)OCc3ccccc3)=C(C)C)C2O1. The largest absolute Gasteiger partial charge is 0.466 e. The first kappa shape index (κ1) is 18.1. The van der Waals surface area contributed by atoms with Crippen molar-refractivity contribution in [3.05, 3.63) is 47.2 Å². The summed E-state index contributed by atoms with van der Waals surface area (Å²) in [4.78, 5) is 37.8. The van der Waals surface area contributed by atoms with E-state index >= 15 is 0 Å². The van der Waals surface area contributed by atoms with Crippen LogP contribution in [0.4, 0.5) is 0 Å². The van der Waals surface area contributed by atoms with Crippen LogP contribution in [0.25, 0.3) is 0 Å². The van der Waals surface area contributed by atoms with Crippen LogP contribution in [0, 0.1) is 0 Å². The van der Waals surface area contributed by atoms with Gasteiger partial charge in [-0.3, -0.25) is 15.0 Å². The number of nitrogens with one attached hydrogen (secondary N) is 1. The Morgan fingerprint density at radius 2 is 1.92 bits per heavy atom. The Balaban J connectivity index is 1.71. The van der Waals surface area contributed by atoms with Crippen LogP contribution in [-0.4, -0.2) is 48.4 Å². The molecule has 0 aliphatic carbocycles. The fraction of sp³-hybridized carbons (Fsp3) is 0.389. The minimum absolute atomic E-state index is 0.0937. The molecule has 0 saturated carbocycles. The zero-order valence-corrected chi connectivity index (χ0v) is 14.7. The maximum absolute atomic E-state index is 12.6. The number of fused-ring (bicyclic) bond motifs is 1. The molecule has 2 heterocycles. The summed E-state index contributed by atoms with van der Waals surface area (Å²) in [5, 5.41) is 2.75. The Morgan fingerprint density at radius 3 is 2.54 bits per heavy atom. The highest BCUT2D eigenvalue weighted by atomic mass is 16.6. The number of β-lactam (4-membered cyclic amide) rings is 1. The molecule has 0 bridgehead atoms. The Morgan fingerprint density at radius 1 is 1.23 bits per heavy atom. The standard InChI is InChI=1S/C18H20N2O6/c1-10(2)13(17(22)25-9-11-7-5-4-6-8-11)20-15(21)12-16(20)26-14(19-12)18(23)24-3/h4-8,12,14,16,19H,9H2,1-3H3. The molecule has 2 fully saturated rings. The highest BCUT2D eigenvalue weighted by Gasteiger charge is 2.58. The summed E-state index contributed by atoms with van der Waals surface area (Å²) in [5.74, 6) is -1.60. The molecule has 3 unspecified atom stereocenters. The predicted molar refractivity (Wildman–Crippen MR) is 89.1 cm³/mol. The summed E-state index contributed by atoms with van der Waals surface area (Å²) in [5.41, 5.74) is 1.57. The molecule has 2 saturated heterocycles. The van der Waals surface area contributed by atoms with E-state index in [1.165, 1.54) is 12.0 Å². The lowest BCUT2D eigenvalue weighted by molar-refractivity contribution is -0.175. The number of hydrogen-bond donors (Lipinski definition) is 1. The molecule has 3 rings (SSSR count). The van der Waals surface area contributed by atoms with Gasteiger partial charge in [-0.05, 0) is 25.0 Å². The summed E-state index contributed by atoms with van der Waals surface area (Å²) in [6, 6.07) is 8.55. The van der Waals surface area contributed by atoms with Gasteiger partial charge >= 0.3 is 11.9 Å². The zero-order chi connectivity index (χ0) is 18.8. The van der Waals surface area contributed by atoms with Crippen molar-refractivity contribution in [1.82, 2.24) is 10.2 Å². The molecule has 0 radical (unpaired) electrons. The van der Waals surface area contributed by atoms with E-state index in [2.05, 4.69) is 10.1 Å². The molecule has 2 aliphatic rings. The highest BCUT2D eigenvalue weighted by Crippen LogP contribution is 2.33. The molecule has 3 atom stereocenters. The summed E-state index contributed by atoms with van der Waals surface area (Å²) in [6.45, 7) is 3.51. The lowest BCUT2D eigenvalue weighted by Crippen LogP contribution is -2.66. The molecule has 8 heteroatoms. The first-order chi connectivity index (χ1) is 12.4. The summed E-state index contributed by atoms with van der Waals surface area (Å²) < 4.78 is 15.5. The Labute approximate surface area is 150 Å². The van der Waals surface area contributed by atoms with Crippen molar-refractivity contribution in [1.29, 1.82) is 0 Å². The van der Waals surface area contributed by atoms with Gasteiger partial charge < -0.3 is 14.2 Å². The third kappa shape index (κ3) is 3.21. The highest BCUT2D eigenvalue weighted by molar-refractivity contribution is 6.00. The van der Waals surface area contributed by atoms with Crippen molar-refractivity contribution >= 4 is 17.8 Å². The van der Waals surface area contributed by atoms with E-state index < -0.39 is 30.4 Å². The first-order valence-electron chi connectivity index (χ1n) is 8.15. The number of esters is 2. The van der Waals surface area contributed by atoms with E-state index in [0.717, 1.165) is 5.56 Å². The van der Waals surface area contributed by atoms with E-state index in [9.17, 15) is 14.4 Å². The van der Waals surface area contributed by atoms with Crippen LogP contribution in [0.15, 0.2) is 41.6 Å². The quantitative estimate of drug-likeness (QED) is 0.469. The zero-order valence-electron chi connectivity index (χ0n) is 14.7. The molecule has 1 aromatic carbocycles. The summed E-state index contributed by atoms with van der Waals surface area (Å²) >= 11 is 0. The molecule has 0 spiro atoms. The number of rotatable bonds is 5. The lowest BCUT2D eigenvalue weighted by atomic mass is 10.0. The van der Waals surface area contributed by atoms with Gasteiger partial charge in [0.25, 0.3) is 5.91 Å². The number of benzene rings is 1. The average Bonchev–Trinajstić information content (AvgIpc) is 3.04. The molecule has 2 aliphatic heterocycles. The van der Waals surface area contributed by atoms with Crippen LogP contribution in [0.1, 0.15) is 19.4 Å². The monoisotopic (exact) mass is 360 g/mol. The number of likely N-dealkylation sites (tertiary alicyclic amines) is 1. The molecule has 8 nitrogen and oxygen atoms in total. The molecule has 1 aromatic rings. The number of amides is 1. The van der Waals surface area contributed by atoms with Crippen LogP contribution in [0.5, 0.6) is 0 Å². The summed E-state index contributed by atoms with van der Waals surface area (Å²) in [7, 11) is 1.23. The van der Waals surface area contributed by atoms with Crippen LogP contribution < -0.4 is 5.32 Å². The minimum Gasteiger partial charge on any atom is -0.466 e. The first-order valence-corrected chi connectivity index (χ1v) is 8.15. The third-order valence-electron chi connectivity index (χ3n) is 4.19. The van der Waals surface area contributed by atoms with Gasteiger partial charge in [-0.2, -0.15) is 0 Å².